The number of fused-ring (bicyclic) bond motifs is 1. The molecule has 2 N–H and O–H groups in total. The first-order chi connectivity index (χ1) is 13.4. The molecular formula is C21H30BN3O4. The number of H-pyrrole nitrogens is 1. The van der Waals surface area contributed by atoms with Gasteiger partial charge in [0.1, 0.15) is 11.2 Å². The average Bonchev–Trinajstić information content (AvgIpc) is 3.12. The van der Waals surface area contributed by atoms with E-state index in [1.807, 2.05) is 72.9 Å². The molecule has 0 saturated carbocycles. The SMILES string of the molecule is CC(C)(C)OC(=O)NCC(=Cc1ccnc2[nH]ccc12)B1OC(C)(C)C(C)(C)O1. The molecule has 7 nitrogen and oxygen atoms in total. The first-order valence-corrected chi connectivity index (χ1v) is 9.83. The van der Waals surface area contributed by atoms with Gasteiger partial charge in [-0.1, -0.05) is 6.08 Å². The lowest BCUT2D eigenvalue weighted by Gasteiger charge is -2.32. The predicted octanol–water partition coefficient (Wildman–Crippen LogP) is 4.10. The molecule has 0 unspecified atom stereocenters. The molecule has 3 rings (SSSR count). The predicted molar refractivity (Wildman–Crippen MR) is 114 cm³/mol. The monoisotopic (exact) mass is 399 g/mol. The Morgan fingerprint density at radius 1 is 1.24 bits per heavy atom. The maximum absolute atomic E-state index is 12.2. The zero-order valence-corrected chi connectivity index (χ0v) is 18.3. The first-order valence-electron chi connectivity index (χ1n) is 9.83. The van der Waals surface area contributed by atoms with Gasteiger partial charge in [0.25, 0.3) is 0 Å². The quantitative estimate of drug-likeness (QED) is 0.756. The van der Waals surface area contributed by atoms with Crippen LogP contribution in [0.15, 0.2) is 30.0 Å². The van der Waals surface area contributed by atoms with Gasteiger partial charge < -0.3 is 24.3 Å². The molecule has 1 amide bonds. The van der Waals surface area contributed by atoms with Crippen molar-refractivity contribution < 1.29 is 18.8 Å². The number of hydrogen-bond donors (Lipinski definition) is 2. The molecule has 8 heteroatoms. The number of alkyl carbamates (subject to hydrolysis) is 1. The Bertz CT molecular complexity index is 911. The van der Waals surface area contributed by atoms with E-state index in [9.17, 15) is 4.79 Å². The van der Waals surface area contributed by atoms with Crippen molar-refractivity contribution in [1.82, 2.24) is 15.3 Å². The number of carbonyl (C=O) groups is 1. The second kappa shape index (κ2) is 7.50. The Balaban J connectivity index is 1.90. The highest BCUT2D eigenvalue weighted by Crippen LogP contribution is 2.39. The molecular weight excluding hydrogens is 369 g/mol. The number of nitrogens with zero attached hydrogens (tertiary/aromatic N) is 1. The van der Waals surface area contributed by atoms with Crippen LogP contribution >= 0.6 is 0 Å². The Labute approximate surface area is 172 Å². The molecule has 2 aromatic rings. The van der Waals surface area contributed by atoms with E-state index in [-0.39, 0.29) is 6.54 Å². The van der Waals surface area contributed by atoms with Gasteiger partial charge in [-0.05, 0) is 71.6 Å². The summed E-state index contributed by atoms with van der Waals surface area (Å²) in [5, 5.41) is 3.81. The molecule has 0 aliphatic carbocycles. The van der Waals surface area contributed by atoms with Crippen LogP contribution in [-0.4, -0.2) is 46.5 Å². The second-order valence-corrected chi connectivity index (χ2v) is 9.30. The number of pyridine rings is 1. The molecule has 156 valence electrons. The molecule has 1 saturated heterocycles. The van der Waals surface area contributed by atoms with Crippen molar-refractivity contribution in [1.29, 1.82) is 0 Å². The third-order valence-corrected chi connectivity index (χ3v) is 5.23. The smallest absolute Gasteiger partial charge is 0.444 e. The normalized spacial score (nSPS) is 18.9. The number of aromatic nitrogens is 2. The van der Waals surface area contributed by atoms with Crippen LogP contribution in [0.4, 0.5) is 4.79 Å². The Morgan fingerprint density at radius 3 is 2.52 bits per heavy atom. The van der Waals surface area contributed by atoms with Gasteiger partial charge >= 0.3 is 13.2 Å². The third kappa shape index (κ3) is 4.82. The molecule has 0 atom stereocenters. The summed E-state index contributed by atoms with van der Waals surface area (Å²) in [6.07, 6.45) is 5.09. The minimum Gasteiger partial charge on any atom is -0.444 e. The molecule has 1 fully saturated rings. The minimum atomic E-state index is -0.586. The fourth-order valence-electron chi connectivity index (χ4n) is 2.99. The lowest BCUT2D eigenvalue weighted by atomic mass is 9.77. The van der Waals surface area contributed by atoms with Gasteiger partial charge in [0.05, 0.1) is 11.2 Å². The molecule has 0 bridgehead atoms. The molecule has 0 spiro atoms. The van der Waals surface area contributed by atoms with Crippen LogP contribution in [0.5, 0.6) is 0 Å². The molecule has 1 aliphatic rings. The van der Waals surface area contributed by atoms with Gasteiger partial charge in [-0.15, -0.1) is 0 Å². The molecule has 0 aromatic carbocycles. The van der Waals surface area contributed by atoms with Gasteiger partial charge in [0.15, 0.2) is 0 Å². The van der Waals surface area contributed by atoms with E-state index < -0.39 is 30.0 Å². The number of amides is 1. The lowest BCUT2D eigenvalue weighted by molar-refractivity contribution is 0.00578. The van der Waals surface area contributed by atoms with Gasteiger partial charge in [-0.2, -0.15) is 0 Å². The van der Waals surface area contributed by atoms with Crippen LogP contribution in [0.25, 0.3) is 17.1 Å². The van der Waals surface area contributed by atoms with Crippen molar-refractivity contribution in [3.8, 4) is 0 Å². The van der Waals surface area contributed by atoms with Crippen LogP contribution in [0.1, 0.15) is 54.0 Å². The Kier molecular flexibility index (Phi) is 5.53. The highest BCUT2D eigenvalue weighted by molar-refractivity contribution is 6.56. The average molecular weight is 399 g/mol. The summed E-state index contributed by atoms with van der Waals surface area (Å²) in [6.45, 7) is 13.7. The van der Waals surface area contributed by atoms with E-state index >= 15 is 0 Å². The van der Waals surface area contributed by atoms with Gasteiger partial charge in [-0.25, -0.2) is 9.78 Å². The third-order valence-electron chi connectivity index (χ3n) is 5.23. The van der Waals surface area contributed by atoms with Crippen molar-refractivity contribution in [2.75, 3.05) is 6.54 Å². The summed E-state index contributed by atoms with van der Waals surface area (Å²) in [7, 11) is -0.586. The second-order valence-electron chi connectivity index (χ2n) is 9.30. The number of rotatable bonds is 4. The molecule has 29 heavy (non-hydrogen) atoms. The Morgan fingerprint density at radius 2 is 1.90 bits per heavy atom. The zero-order chi connectivity index (χ0) is 21.4. The highest BCUT2D eigenvalue weighted by Gasteiger charge is 2.52. The van der Waals surface area contributed by atoms with Crippen molar-refractivity contribution in [3.05, 3.63) is 35.6 Å². The van der Waals surface area contributed by atoms with E-state index in [0.29, 0.717) is 0 Å². The summed E-state index contributed by atoms with van der Waals surface area (Å²) in [5.74, 6) is 0. The van der Waals surface area contributed by atoms with E-state index in [0.717, 1.165) is 22.1 Å². The summed E-state index contributed by atoms with van der Waals surface area (Å²) in [4.78, 5) is 19.6. The van der Waals surface area contributed by atoms with Crippen LogP contribution < -0.4 is 5.32 Å². The number of carbonyl (C=O) groups excluding carboxylic acids is 1. The topological polar surface area (TPSA) is 85.5 Å². The minimum absolute atomic E-state index is 0.236. The van der Waals surface area contributed by atoms with Crippen molar-refractivity contribution >= 4 is 30.3 Å². The maximum Gasteiger partial charge on any atom is 0.492 e. The zero-order valence-electron chi connectivity index (χ0n) is 18.3. The van der Waals surface area contributed by atoms with Gasteiger partial charge in [-0.3, -0.25) is 0 Å². The molecule has 3 heterocycles. The van der Waals surface area contributed by atoms with E-state index in [4.69, 9.17) is 14.0 Å². The Hall–Kier alpha value is -2.32. The summed E-state index contributed by atoms with van der Waals surface area (Å²) < 4.78 is 17.8. The fraction of sp³-hybridized carbons (Fsp3) is 0.524. The highest BCUT2D eigenvalue weighted by atomic mass is 16.7. The summed E-state index contributed by atoms with van der Waals surface area (Å²) in [5.41, 5.74) is 1.03. The largest absolute Gasteiger partial charge is 0.492 e. The van der Waals surface area contributed by atoms with Crippen LogP contribution in [0, 0.1) is 0 Å². The molecule has 2 aromatic heterocycles. The van der Waals surface area contributed by atoms with E-state index in [2.05, 4.69) is 15.3 Å². The number of nitrogens with one attached hydrogen (secondary N) is 2. The van der Waals surface area contributed by atoms with Crippen molar-refractivity contribution in [3.63, 3.8) is 0 Å². The van der Waals surface area contributed by atoms with Gasteiger partial charge in [0, 0.05) is 24.3 Å². The van der Waals surface area contributed by atoms with Crippen molar-refractivity contribution in [2.45, 2.75) is 65.3 Å². The van der Waals surface area contributed by atoms with E-state index in [1.54, 1.807) is 6.20 Å². The van der Waals surface area contributed by atoms with Crippen LogP contribution in [0.3, 0.4) is 0 Å². The fourth-order valence-corrected chi connectivity index (χ4v) is 2.99. The van der Waals surface area contributed by atoms with Crippen LogP contribution in [-0.2, 0) is 14.0 Å². The maximum atomic E-state index is 12.2. The first kappa shape index (κ1) is 21.4. The number of hydrogen-bond acceptors (Lipinski definition) is 5. The number of ether oxygens (including phenoxy) is 1. The van der Waals surface area contributed by atoms with Crippen LogP contribution in [0.2, 0.25) is 0 Å². The number of aromatic amines is 1. The van der Waals surface area contributed by atoms with Crippen molar-refractivity contribution in [2.24, 2.45) is 0 Å². The molecule has 0 radical (unpaired) electrons. The standard InChI is InChI=1S/C21H30BN3O4/c1-19(2,3)27-18(26)25-13-15(22-28-20(4,5)21(6,7)29-22)12-14-8-10-23-17-16(14)9-11-24-17/h8-12H,13H2,1-7H3,(H,23,24)(H,25,26). The summed E-state index contributed by atoms with van der Waals surface area (Å²) in [6, 6.07) is 3.90. The summed E-state index contributed by atoms with van der Waals surface area (Å²) >= 11 is 0. The van der Waals surface area contributed by atoms with Gasteiger partial charge in [0.2, 0.25) is 0 Å². The van der Waals surface area contributed by atoms with E-state index in [1.165, 1.54) is 0 Å². The lowest BCUT2D eigenvalue weighted by Crippen LogP contribution is -2.41. The molecule has 1 aliphatic heterocycles.